The van der Waals surface area contributed by atoms with Gasteiger partial charge in [0.05, 0.1) is 0 Å². The zero-order valence-electron chi connectivity index (χ0n) is 30.0. The fraction of sp³-hybridized carbons (Fsp3) is 0.0980. The smallest absolute Gasteiger partial charge is 0.137 e. The van der Waals surface area contributed by atoms with Crippen LogP contribution in [0, 0.1) is 0 Å². The molecule has 54 heavy (non-hydrogen) atoms. The minimum Gasteiger partial charge on any atom is -0.456 e. The Labute approximate surface area is 315 Å². The first-order valence-corrected chi connectivity index (χ1v) is 19.1. The van der Waals surface area contributed by atoms with Gasteiger partial charge < -0.3 is 14.2 Å². The zero-order chi connectivity index (χ0) is 35.6. The standard InChI is InChI=1S/C51H38N2O/c1-4-13-38(14-5-1)52(39-15-6-2-7-16-39)41-23-20-36-28-30-51(46(36)32-41)31-29-37-21-24-42(33-47(37)51)53(40-17-8-3-9-18-40)43-25-26-45-49(34-43)54-48-27-22-35-12-10-11-19-44(35)50(45)48/h1-27,32-34H,28-31H2/t51-/m1/s1. The molecule has 2 aliphatic rings. The number of nitrogens with zero attached hydrogens (tertiary/aromatic N) is 2. The van der Waals surface area contributed by atoms with Crippen molar-refractivity contribution in [2.45, 2.75) is 31.1 Å². The highest BCUT2D eigenvalue weighted by Crippen LogP contribution is 2.55. The second kappa shape index (κ2) is 12.2. The van der Waals surface area contributed by atoms with Gasteiger partial charge in [-0.1, -0.05) is 97.1 Å². The average Bonchev–Trinajstić information content (AvgIpc) is 3.92. The molecule has 0 amide bonds. The maximum absolute atomic E-state index is 6.58. The van der Waals surface area contributed by atoms with Gasteiger partial charge >= 0.3 is 0 Å². The van der Waals surface area contributed by atoms with Crippen molar-refractivity contribution in [3.63, 3.8) is 0 Å². The van der Waals surface area contributed by atoms with Crippen molar-refractivity contribution in [3.8, 4) is 0 Å². The van der Waals surface area contributed by atoms with Gasteiger partial charge in [0.15, 0.2) is 0 Å². The Bertz CT molecular complexity index is 2800. The fourth-order valence-corrected chi connectivity index (χ4v) is 9.54. The number of fused-ring (bicyclic) bond motifs is 9. The molecule has 258 valence electrons. The molecule has 1 atom stereocenters. The highest BCUT2D eigenvalue weighted by atomic mass is 16.3. The summed E-state index contributed by atoms with van der Waals surface area (Å²) in [5.74, 6) is 0. The molecule has 0 saturated heterocycles. The fourth-order valence-electron chi connectivity index (χ4n) is 9.54. The first-order valence-electron chi connectivity index (χ1n) is 19.1. The molecule has 2 aliphatic carbocycles. The van der Waals surface area contributed by atoms with Crippen LogP contribution in [0.2, 0.25) is 0 Å². The molecule has 1 aromatic heterocycles. The minimum atomic E-state index is -0.0260. The van der Waals surface area contributed by atoms with Crippen molar-refractivity contribution < 1.29 is 4.42 Å². The average molecular weight is 695 g/mol. The molecule has 0 saturated carbocycles. The summed E-state index contributed by atoms with van der Waals surface area (Å²) in [6.07, 6.45) is 4.44. The molecule has 11 rings (SSSR count). The van der Waals surface area contributed by atoms with Crippen LogP contribution in [0.1, 0.15) is 35.1 Å². The molecule has 1 heterocycles. The Kier molecular flexibility index (Phi) is 7.03. The lowest BCUT2D eigenvalue weighted by Gasteiger charge is -2.31. The van der Waals surface area contributed by atoms with Gasteiger partial charge in [-0.2, -0.15) is 0 Å². The predicted octanol–water partition coefficient (Wildman–Crippen LogP) is 13.9. The molecule has 9 aromatic rings. The van der Waals surface area contributed by atoms with Gasteiger partial charge in [0.25, 0.3) is 0 Å². The maximum Gasteiger partial charge on any atom is 0.137 e. The van der Waals surface area contributed by atoms with Gasteiger partial charge in [0, 0.05) is 56.4 Å². The van der Waals surface area contributed by atoms with Crippen LogP contribution >= 0.6 is 0 Å². The van der Waals surface area contributed by atoms with E-state index in [0.29, 0.717) is 0 Å². The van der Waals surface area contributed by atoms with Crippen LogP contribution in [0.3, 0.4) is 0 Å². The summed E-state index contributed by atoms with van der Waals surface area (Å²) in [7, 11) is 0. The predicted molar refractivity (Wildman–Crippen MR) is 224 cm³/mol. The van der Waals surface area contributed by atoms with Crippen LogP contribution in [0.15, 0.2) is 186 Å². The first-order chi connectivity index (χ1) is 26.7. The molecule has 0 fully saturated rings. The van der Waals surface area contributed by atoms with Gasteiger partial charge in [0.1, 0.15) is 11.2 Å². The van der Waals surface area contributed by atoms with E-state index in [4.69, 9.17) is 4.42 Å². The molecule has 0 aliphatic heterocycles. The molecular weight excluding hydrogens is 657 g/mol. The van der Waals surface area contributed by atoms with E-state index in [1.54, 1.807) is 0 Å². The highest BCUT2D eigenvalue weighted by molar-refractivity contribution is 6.19. The summed E-state index contributed by atoms with van der Waals surface area (Å²) in [6.45, 7) is 0. The van der Waals surface area contributed by atoms with Gasteiger partial charge in [-0.15, -0.1) is 0 Å². The molecule has 1 spiro atoms. The first kappa shape index (κ1) is 31.0. The SMILES string of the molecule is c1ccc(N(c2ccccc2)c2ccc3c(c2)[C@@]2(CC3)CCc3ccc(N(c4ccccc4)c4ccc5c(c4)oc4ccc6ccccc6c45)cc32)cc1. The molecular formula is C51H38N2O. The molecule has 3 nitrogen and oxygen atoms in total. The van der Waals surface area contributed by atoms with Gasteiger partial charge in [-0.3, -0.25) is 0 Å². The molecule has 8 aromatic carbocycles. The molecule has 0 radical (unpaired) electrons. The minimum absolute atomic E-state index is 0.0260. The lowest BCUT2D eigenvalue weighted by atomic mass is 9.76. The van der Waals surface area contributed by atoms with E-state index in [-0.39, 0.29) is 5.41 Å². The van der Waals surface area contributed by atoms with E-state index in [2.05, 4.69) is 192 Å². The van der Waals surface area contributed by atoms with Crippen LogP contribution in [0.25, 0.3) is 32.7 Å². The summed E-state index contributed by atoms with van der Waals surface area (Å²) in [5, 5.41) is 4.77. The van der Waals surface area contributed by atoms with Crippen LogP contribution in [0.4, 0.5) is 34.1 Å². The number of para-hydroxylation sites is 3. The Morgan fingerprint density at radius 3 is 1.48 bits per heavy atom. The summed E-state index contributed by atoms with van der Waals surface area (Å²) in [6, 6.07) is 66.2. The van der Waals surface area contributed by atoms with Gasteiger partial charge in [0.2, 0.25) is 0 Å². The highest BCUT2D eigenvalue weighted by Gasteiger charge is 2.45. The van der Waals surface area contributed by atoms with E-state index in [9.17, 15) is 0 Å². The summed E-state index contributed by atoms with van der Waals surface area (Å²) in [5.41, 5.74) is 14.6. The van der Waals surface area contributed by atoms with E-state index < -0.39 is 0 Å². The Hall–Kier alpha value is -6.58. The maximum atomic E-state index is 6.58. The Morgan fingerprint density at radius 1 is 0.389 bits per heavy atom. The molecule has 0 N–H and O–H groups in total. The van der Waals surface area contributed by atoms with Crippen molar-refractivity contribution in [1.82, 2.24) is 0 Å². The number of rotatable bonds is 6. The summed E-state index contributed by atoms with van der Waals surface area (Å²) < 4.78 is 6.58. The monoisotopic (exact) mass is 694 g/mol. The zero-order valence-corrected chi connectivity index (χ0v) is 30.0. The number of furan rings is 1. The third kappa shape index (κ3) is 4.82. The third-order valence-corrected chi connectivity index (χ3v) is 12.0. The van der Waals surface area contributed by atoms with E-state index in [0.717, 1.165) is 65.0 Å². The number of hydrogen-bond donors (Lipinski definition) is 0. The van der Waals surface area contributed by atoms with Crippen molar-refractivity contribution >= 4 is 66.8 Å². The largest absolute Gasteiger partial charge is 0.456 e. The van der Waals surface area contributed by atoms with Crippen molar-refractivity contribution in [2.75, 3.05) is 9.80 Å². The van der Waals surface area contributed by atoms with Gasteiger partial charge in [-0.05, 0) is 138 Å². The van der Waals surface area contributed by atoms with Crippen LogP contribution < -0.4 is 9.80 Å². The van der Waals surface area contributed by atoms with Gasteiger partial charge in [-0.25, -0.2) is 0 Å². The molecule has 0 bridgehead atoms. The second-order valence-electron chi connectivity index (χ2n) is 14.9. The van der Waals surface area contributed by atoms with Crippen molar-refractivity contribution in [1.29, 1.82) is 0 Å². The van der Waals surface area contributed by atoms with Crippen LogP contribution in [0.5, 0.6) is 0 Å². The lowest BCUT2D eigenvalue weighted by molar-refractivity contribution is 0.507. The topological polar surface area (TPSA) is 19.6 Å². The van der Waals surface area contributed by atoms with E-state index >= 15 is 0 Å². The normalized spacial score (nSPS) is 15.9. The summed E-state index contributed by atoms with van der Waals surface area (Å²) >= 11 is 0. The third-order valence-electron chi connectivity index (χ3n) is 12.0. The molecule has 3 heteroatoms. The molecule has 0 unspecified atom stereocenters. The second-order valence-corrected chi connectivity index (χ2v) is 14.9. The Balaban J connectivity index is 1.04. The Morgan fingerprint density at radius 2 is 0.889 bits per heavy atom. The lowest BCUT2D eigenvalue weighted by Crippen LogP contribution is -2.22. The number of aryl methyl sites for hydroxylation is 2. The van der Waals surface area contributed by atoms with Crippen molar-refractivity contribution in [2.24, 2.45) is 0 Å². The van der Waals surface area contributed by atoms with Crippen LogP contribution in [-0.2, 0) is 18.3 Å². The van der Waals surface area contributed by atoms with E-state index in [1.807, 2.05) is 0 Å². The number of hydrogen-bond acceptors (Lipinski definition) is 3. The number of anilines is 6. The number of benzene rings is 8. The van der Waals surface area contributed by atoms with Crippen LogP contribution in [-0.4, -0.2) is 0 Å². The van der Waals surface area contributed by atoms with E-state index in [1.165, 1.54) is 49.8 Å². The van der Waals surface area contributed by atoms with Crippen molar-refractivity contribution in [3.05, 3.63) is 204 Å². The quantitative estimate of drug-likeness (QED) is 0.173. The summed E-state index contributed by atoms with van der Waals surface area (Å²) in [4.78, 5) is 4.79.